The zero-order valence-corrected chi connectivity index (χ0v) is 19.3. The van der Waals surface area contributed by atoms with Gasteiger partial charge in [0.15, 0.2) is 0 Å². The molecule has 9 heteroatoms. The maximum absolute atomic E-state index is 6.45. The molecule has 3 heterocycles. The molecule has 0 bridgehead atoms. The maximum Gasteiger partial charge on any atom is 0.109 e. The van der Waals surface area contributed by atoms with Crippen molar-refractivity contribution in [2.75, 3.05) is 41.2 Å². The molecule has 3 rings (SSSR count). The van der Waals surface area contributed by atoms with E-state index in [0.717, 1.165) is 38.5 Å². The number of methoxy groups -OCH3 is 3. The molecule has 6 radical (unpaired) electrons. The zero-order valence-electron chi connectivity index (χ0n) is 19.3. The van der Waals surface area contributed by atoms with Gasteiger partial charge in [0, 0.05) is 39.3 Å². The third-order valence-electron chi connectivity index (χ3n) is 7.34. The largest absolute Gasteiger partial charge is 0.382 e. The standard InChI is InChI=1S/C22H37B3O6/c1-26-10-17-13(8-20(23)29-17)4-6-15-16(22(25)31-19(15)12-28-3)7-5-14-9-21(24)30-18(14)11-27-2/h13-22H,4-12H2,1-3H3/t13?,14?,15-,16?,17+,18+,19-,20+,21+,22-/m1/s1. The molecule has 3 fully saturated rings. The zero-order chi connectivity index (χ0) is 22.4. The van der Waals surface area contributed by atoms with Crippen molar-refractivity contribution >= 4 is 23.5 Å². The molecule has 170 valence electrons. The summed E-state index contributed by atoms with van der Waals surface area (Å²) >= 11 is 0. The summed E-state index contributed by atoms with van der Waals surface area (Å²) in [5, 5.41) is 0. The van der Waals surface area contributed by atoms with E-state index in [0.29, 0.717) is 37.6 Å². The summed E-state index contributed by atoms with van der Waals surface area (Å²) in [4.78, 5) is 0. The average molecular weight is 430 g/mol. The smallest absolute Gasteiger partial charge is 0.109 e. The lowest BCUT2D eigenvalue weighted by molar-refractivity contribution is -0.000465. The first-order chi connectivity index (χ1) is 15.0. The van der Waals surface area contributed by atoms with Crippen LogP contribution in [0.2, 0.25) is 0 Å². The van der Waals surface area contributed by atoms with Crippen molar-refractivity contribution in [2.45, 2.75) is 74.8 Å². The van der Waals surface area contributed by atoms with E-state index in [4.69, 9.17) is 52.0 Å². The van der Waals surface area contributed by atoms with Gasteiger partial charge in [-0.2, -0.15) is 0 Å². The van der Waals surface area contributed by atoms with Gasteiger partial charge >= 0.3 is 0 Å². The molecule has 6 nitrogen and oxygen atoms in total. The van der Waals surface area contributed by atoms with Gasteiger partial charge in [-0.15, -0.1) is 0 Å². The molecule has 3 unspecified atom stereocenters. The molecule has 0 N–H and O–H groups in total. The predicted octanol–water partition coefficient (Wildman–Crippen LogP) is 1.41. The molecule has 31 heavy (non-hydrogen) atoms. The van der Waals surface area contributed by atoms with Gasteiger partial charge in [-0.05, 0) is 62.2 Å². The van der Waals surface area contributed by atoms with E-state index in [-0.39, 0.29) is 42.2 Å². The summed E-state index contributed by atoms with van der Waals surface area (Å²) in [6, 6.07) is -0.694. The molecule has 3 aliphatic rings. The van der Waals surface area contributed by atoms with Gasteiger partial charge in [0.2, 0.25) is 0 Å². The molecule has 0 amide bonds. The summed E-state index contributed by atoms with van der Waals surface area (Å²) in [6.07, 6.45) is 5.86. The van der Waals surface area contributed by atoms with Crippen LogP contribution in [0.3, 0.4) is 0 Å². The molecule has 10 atom stereocenters. The first kappa shape index (κ1) is 25.6. The second kappa shape index (κ2) is 12.4. The van der Waals surface area contributed by atoms with E-state index in [2.05, 4.69) is 0 Å². The fourth-order valence-corrected chi connectivity index (χ4v) is 5.81. The van der Waals surface area contributed by atoms with Crippen LogP contribution >= 0.6 is 0 Å². The Kier molecular flexibility index (Phi) is 10.3. The van der Waals surface area contributed by atoms with E-state index in [1.54, 1.807) is 21.3 Å². The minimum absolute atomic E-state index is 0.0127. The minimum atomic E-state index is -0.279. The van der Waals surface area contributed by atoms with Crippen molar-refractivity contribution < 1.29 is 28.4 Å². The predicted molar refractivity (Wildman–Crippen MR) is 121 cm³/mol. The summed E-state index contributed by atoms with van der Waals surface area (Å²) in [6.45, 7) is 1.71. The van der Waals surface area contributed by atoms with Crippen molar-refractivity contribution in [1.29, 1.82) is 0 Å². The summed E-state index contributed by atoms with van der Waals surface area (Å²) < 4.78 is 33.9. The highest BCUT2D eigenvalue weighted by molar-refractivity contribution is 6.11. The maximum atomic E-state index is 6.45. The van der Waals surface area contributed by atoms with E-state index in [9.17, 15) is 0 Å². The Labute approximate surface area is 192 Å². The number of hydrogen-bond donors (Lipinski definition) is 0. The van der Waals surface area contributed by atoms with Crippen LogP contribution in [-0.2, 0) is 28.4 Å². The normalized spacial score (nSPS) is 43.1. The van der Waals surface area contributed by atoms with E-state index >= 15 is 0 Å². The van der Waals surface area contributed by atoms with Crippen LogP contribution in [0.25, 0.3) is 0 Å². The fourth-order valence-electron chi connectivity index (χ4n) is 5.81. The third-order valence-corrected chi connectivity index (χ3v) is 7.34. The lowest BCUT2D eigenvalue weighted by atomic mass is 9.72. The number of hydrogen-bond acceptors (Lipinski definition) is 6. The van der Waals surface area contributed by atoms with Gasteiger partial charge in [-0.3, -0.25) is 0 Å². The van der Waals surface area contributed by atoms with Gasteiger partial charge in [-0.1, -0.05) is 0 Å². The molecular weight excluding hydrogens is 393 g/mol. The van der Waals surface area contributed by atoms with Crippen LogP contribution in [0.5, 0.6) is 0 Å². The summed E-state index contributed by atoms with van der Waals surface area (Å²) in [7, 11) is 23.7. The average Bonchev–Trinajstić information content (AvgIpc) is 3.34. The van der Waals surface area contributed by atoms with Crippen LogP contribution in [-0.4, -0.2) is 101 Å². The Hall–Kier alpha value is -0.0452. The van der Waals surface area contributed by atoms with Crippen molar-refractivity contribution in [3.8, 4) is 0 Å². The van der Waals surface area contributed by atoms with Gasteiger partial charge in [-0.25, -0.2) is 0 Å². The molecule has 0 aromatic rings. The topological polar surface area (TPSA) is 55.4 Å². The first-order valence-corrected chi connectivity index (χ1v) is 11.7. The monoisotopic (exact) mass is 430 g/mol. The van der Waals surface area contributed by atoms with Crippen LogP contribution in [0.1, 0.15) is 38.5 Å². The Bertz CT molecular complexity index is 529. The van der Waals surface area contributed by atoms with Crippen molar-refractivity contribution in [2.24, 2.45) is 23.7 Å². The molecule has 0 aromatic carbocycles. The fraction of sp³-hybridized carbons (Fsp3) is 1.00. The van der Waals surface area contributed by atoms with E-state index < -0.39 is 0 Å². The lowest BCUT2D eigenvalue weighted by Gasteiger charge is -2.27. The van der Waals surface area contributed by atoms with Gasteiger partial charge < -0.3 is 28.4 Å². The SMILES string of the molecule is [B][C@@H]1CC(CCC2[C@H]([B])O[C@H](COC)[C@@H]2CCC2C[C@@H]([B])O[C@H]2COC)[C@H](COC)O1. The highest BCUT2D eigenvalue weighted by Crippen LogP contribution is 2.42. The summed E-state index contributed by atoms with van der Waals surface area (Å²) in [5.74, 6) is 1.39. The Morgan fingerprint density at radius 3 is 1.55 bits per heavy atom. The molecule has 0 saturated carbocycles. The number of ether oxygens (including phenoxy) is 6. The minimum Gasteiger partial charge on any atom is -0.382 e. The molecule has 3 saturated heterocycles. The van der Waals surface area contributed by atoms with E-state index in [1.807, 2.05) is 0 Å². The second-order valence-electron chi connectivity index (χ2n) is 9.41. The van der Waals surface area contributed by atoms with Gasteiger partial charge in [0.1, 0.15) is 23.5 Å². The third kappa shape index (κ3) is 6.74. The molecule has 3 aliphatic heterocycles. The second-order valence-corrected chi connectivity index (χ2v) is 9.41. The van der Waals surface area contributed by atoms with Crippen LogP contribution < -0.4 is 0 Å². The highest BCUT2D eigenvalue weighted by atomic mass is 16.5. The van der Waals surface area contributed by atoms with E-state index in [1.165, 1.54) is 0 Å². The van der Waals surface area contributed by atoms with Gasteiger partial charge in [0.05, 0.1) is 38.1 Å². The molecule has 0 aliphatic carbocycles. The van der Waals surface area contributed by atoms with Crippen LogP contribution in [0, 0.1) is 23.7 Å². The quantitative estimate of drug-likeness (QED) is 0.437. The molecule has 0 aromatic heterocycles. The number of rotatable bonds is 12. The Morgan fingerprint density at radius 2 is 1.06 bits per heavy atom. The van der Waals surface area contributed by atoms with Crippen molar-refractivity contribution in [3.05, 3.63) is 0 Å². The highest BCUT2D eigenvalue weighted by Gasteiger charge is 2.43. The summed E-state index contributed by atoms with van der Waals surface area (Å²) in [5.41, 5.74) is 0. The van der Waals surface area contributed by atoms with Gasteiger partial charge in [0.25, 0.3) is 0 Å². The van der Waals surface area contributed by atoms with Crippen LogP contribution in [0.4, 0.5) is 0 Å². The lowest BCUT2D eigenvalue weighted by Crippen LogP contribution is -2.29. The Morgan fingerprint density at radius 1 is 0.613 bits per heavy atom. The first-order valence-electron chi connectivity index (χ1n) is 11.7. The van der Waals surface area contributed by atoms with Crippen molar-refractivity contribution in [1.82, 2.24) is 0 Å². The molecular formula is C22H37B3O6. The van der Waals surface area contributed by atoms with Crippen molar-refractivity contribution in [3.63, 3.8) is 0 Å². The van der Waals surface area contributed by atoms with Crippen LogP contribution in [0.15, 0.2) is 0 Å². The Balaban J connectivity index is 1.59. The molecule has 0 spiro atoms.